The van der Waals surface area contributed by atoms with Crippen LogP contribution in [-0.2, 0) is 19.1 Å². The van der Waals surface area contributed by atoms with E-state index in [2.05, 4.69) is 4.74 Å². The molecule has 0 aromatic carbocycles. The van der Waals surface area contributed by atoms with E-state index in [0.717, 1.165) is 0 Å². The zero-order valence-corrected chi connectivity index (χ0v) is 9.80. The van der Waals surface area contributed by atoms with Crippen LogP contribution in [0.1, 0.15) is 20.3 Å². The van der Waals surface area contributed by atoms with Gasteiger partial charge in [0.15, 0.2) is 6.10 Å². The molecule has 0 amide bonds. The Bertz CT molecular complexity index is 259. The van der Waals surface area contributed by atoms with Gasteiger partial charge in [0.2, 0.25) is 0 Å². The van der Waals surface area contributed by atoms with E-state index >= 15 is 0 Å². The number of ether oxygens (including phenoxy) is 2. The summed E-state index contributed by atoms with van der Waals surface area (Å²) >= 11 is 0. The van der Waals surface area contributed by atoms with Crippen molar-refractivity contribution in [2.24, 2.45) is 5.92 Å². The second kappa shape index (κ2) is 7.87. The van der Waals surface area contributed by atoms with E-state index in [1.165, 1.54) is 14.0 Å². The molecule has 0 aromatic rings. The highest BCUT2D eigenvalue weighted by Crippen LogP contribution is 2.06. The topological polar surface area (TPSA) is 72.8 Å². The number of hydrogen-bond donors (Lipinski definition) is 1. The van der Waals surface area contributed by atoms with E-state index in [9.17, 15) is 14.7 Å². The Labute approximate surface area is 95.0 Å². The van der Waals surface area contributed by atoms with Crippen LogP contribution < -0.4 is 0 Å². The van der Waals surface area contributed by atoms with Gasteiger partial charge < -0.3 is 14.6 Å². The van der Waals surface area contributed by atoms with Gasteiger partial charge in [0.05, 0.1) is 13.7 Å². The van der Waals surface area contributed by atoms with E-state index < -0.39 is 12.1 Å². The molecule has 0 unspecified atom stereocenters. The summed E-state index contributed by atoms with van der Waals surface area (Å²) < 4.78 is 9.11. The van der Waals surface area contributed by atoms with E-state index in [-0.39, 0.29) is 11.9 Å². The maximum absolute atomic E-state index is 11.0. The van der Waals surface area contributed by atoms with E-state index in [4.69, 9.17) is 4.74 Å². The predicted molar refractivity (Wildman–Crippen MR) is 57.6 cm³/mol. The van der Waals surface area contributed by atoms with Gasteiger partial charge in [-0.2, -0.15) is 0 Å². The standard InChI is InChI=1S/C11H18O5/c1-8(10(13)11(14)15-3)6-4-5-7-16-9(2)12/h4,6,8,10,13H,5,7H2,1-3H3/b6-4+/t8-,10-/m1/s1. The lowest BCUT2D eigenvalue weighted by Crippen LogP contribution is -2.27. The van der Waals surface area contributed by atoms with Gasteiger partial charge in [0.1, 0.15) is 0 Å². The molecule has 0 heterocycles. The summed E-state index contributed by atoms with van der Waals surface area (Å²) in [6.07, 6.45) is 2.83. The van der Waals surface area contributed by atoms with Crippen molar-refractivity contribution in [3.63, 3.8) is 0 Å². The average molecular weight is 230 g/mol. The molecule has 2 atom stereocenters. The molecule has 0 aliphatic rings. The van der Waals surface area contributed by atoms with E-state index in [0.29, 0.717) is 13.0 Å². The van der Waals surface area contributed by atoms with Gasteiger partial charge in [-0.25, -0.2) is 4.79 Å². The Morgan fingerprint density at radius 1 is 1.44 bits per heavy atom. The molecule has 92 valence electrons. The molecule has 1 N–H and O–H groups in total. The van der Waals surface area contributed by atoms with Crippen LogP contribution in [0.3, 0.4) is 0 Å². The number of methoxy groups -OCH3 is 1. The minimum atomic E-state index is -1.16. The van der Waals surface area contributed by atoms with Crippen LogP contribution in [0.2, 0.25) is 0 Å². The lowest BCUT2D eigenvalue weighted by Gasteiger charge is -2.12. The summed E-state index contributed by atoms with van der Waals surface area (Å²) in [5, 5.41) is 9.42. The SMILES string of the molecule is COC(=O)[C@H](O)[C@H](C)/C=C/CCOC(C)=O. The zero-order chi connectivity index (χ0) is 12.6. The average Bonchev–Trinajstić information content (AvgIpc) is 2.25. The Morgan fingerprint density at radius 3 is 2.56 bits per heavy atom. The molecule has 0 spiro atoms. The number of esters is 2. The molecular formula is C11H18O5. The molecule has 0 saturated heterocycles. The fourth-order valence-corrected chi connectivity index (χ4v) is 1.02. The Hall–Kier alpha value is -1.36. The first-order valence-corrected chi connectivity index (χ1v) is 5.05. The quantitative estimate of drug-likeness (QED) is 0.412. The lowest BCUT2D eigenvalue weighted by atomic mass is 10.0. The van der Waals surface area contributed by atoms with E-state index in [1.807, 2.05) is 0 Å². The predicted octanol–water partition coefficient (Wildman–Crippen LogP) is 0.666. The van der Waals surface area contributed by atoms with Crippen LogP contribution in [-0.4, -0.2) is 36.9 Å². The number of carbonyl (C=O) groups excluding carboxylic acids is 2. The van der Waals surface area contributed by atoms with Crippen molar-refractivity contribution in [3.05, 3.63) is 12.2 Å². The van der Waals surface area contributed by atoms with Gasteiger partial charge in [-0.15, -0.1) is 0 Å². The van der Waals surface area contributed by atoms with Gasteiger partial charge in [-0.1, -0.05) is 19.1 Å². The Kier molecular flexibility index (Phi) is 7.20. The Balaban J connectivity index is 3.85. The third kappa shape index (κ3) is 6.19. The highest BCUT2D eigenvalue weighted by Gasteiger charge is 2.20. The summed E-state index contributed by atoms with van der Waals surface area (Å²) in [7, 11) is 1.22. The van der Waals surface area contributed by atoms with Crippen LogP contribution >= 0.6 is 0 Å². The number of rotatable bonds is 6. The maximum atomic E-state index is 11.0. The maximum Gasteiger partial charge on any atom is 0.335 e. The van der Waals surface area contributed by atoms with Crippen molar-refractivity contribution in [1.82, 2.24) is 0 Å². The van der Waals surface area contributed by atoms with Gasteiger partial charge >= 0.3 is 11.9 Å². The number of aliphatic hydroxyl groups excluding tert-OH is 1. The van der Waals surface area contributed by atoms with Crippen molar-refractivity contribution in [2.75, 3.05) is 13.7 Å². The summed E-state index contributed by atoms with van der Waals surface area (Å²) in [5.41, 5.74) is 0. The van der Waals surface area contributed by atoms with Gasteiger partial charge in [-0.05, 0) is 6.42 Å². The summed E-state index contributed by atoms with van der Waals surface area (Å²) in [6, 6.07) is 0. The van der Waals surface area contributed by atoms with Crippen LogP contribution in [0.25, 0.3) is 0 Å². The summed E-state index contributed by atoms with van der Waals surface area (Å²) in [6.45, 7) is 3.34. The molecular weight excluding hydrogens is 212 g/mol. The second-order valence-corrected chi connectivity index (χ2v) is 3.38. The highest BCUT2D eigenvalue weighted by molar-refractivity contribution is 5.74. The summed E-state index contributed by atoms with van der Waals surface area (Å²) in [4.78, 5) is 21.4. The molecule has 0 aromatic heterocycles. The minimum Gasteiger partial charge on any atom is -0.467 e. The number of hydrogen-bond acceptors (Lipinski definition) is 5. The zero-order valence-electron chi connectivity index (χ0n) is 9.80. The van der Waals surface area contributed by atoms with Crippen LogP contribution in [0.4, 0.5) is 0 Å². The molecule has 0 rings (SSSR count). The van der Waals surface area contributed by atoms with Crippen molar-refractivity contribution < 1.29 is 24.2 Å². The normalized spacial score (nSPS) is 14.5. The molecule has 0 fully saturated rings. The van der Waals surface area contributed by atoms with Gasteiger partial charge in [-0.3, -0.25) is 4.79 Å². The van der Waals surface area contributed by atoms with Gasteiger partial charge in [0.25, 0.3) is 0 Å². The fourth-order valence-electron chi connectivity index (χ4n) is 1.02. The van der Waals surface area contributed by atoms with Crippen LogP contribution in [0, 0.1) is 5.92 Å². The first-order chi connectivity index (χ1) is 7.49. The second-order valence-electron chi connectivity index (χ2n) is 3.38. The van der Waals surface area contributed by atoms with Gasteiger partial charge in [0, 0.05) is 12.8 Å². The monoisotopic (exact) mass is 230 g/mol. The highest BCUT2D eigenvalue weighted by atomic mass is 16.5. The molecule has 0 aliphatic heterocycles. The van der Waals surface area contributed by atoms with Crippen molar-refractivity contribution in [1.29, 1.82) is 0 Å². The third-order valence-electron chi connectivity index (χ3n) is 1.97. The summed E-state index contributed by atoms with van der Waals surface area (Å²) in [5.74, 6) is -1.31. The van der Waals surface area contributed by atoms with Crippen molar-refractivity contribution >= 4 is 11.9 Å². The minimum absolute atomic E-state index is 0.298. The molecule has 0 bridgehead atoms. The molecule has 16 heavy (non-hydrogen) atoms. The van der Waals surface area contributed by atoms with Crippen LogP contribution in [0.5, 0.6) is 0 Å². The lowest BCUT2D eigenvalue weighted by molar-refractivity contribution is -0.152. The third-order valence-corrected chi connectivity index (χ3v) is 1.97. The van der Waals surface area contributed by atoms with Crippen LogP contribution in [0.15, 0.2) is 12.2 Å². The molecule has 0 aliphatic carbocycles. The Morgan fingerprint density at radius 2 is 2.06 bits per heavy atom. The largest absolute Gasteiger partial charge is 0.467 e. The van der Waals surface area contributed by atoms with Crippen molar-refractivity contribution in [2.45, 2.75) is 26.4 Å². The van der Waals surface area contributed by atoms with E-state index in [1.54, 1.807) is 19.1 Å². The molecule has 5 heteroatoms. The molecule has 0 saturated carbocycles. The molecule has 5 nitrogen and oxygen atoms in total. The first-order valence-electron chi connectivity index (χ1n) is 5.05. The number of aliphatic hydroxyl groups is 1. The smallest absolute Gasteiger partial charge is 0.335 e. The van der Waals surface area contributed by atoms with Crippen molar-refractivity contribution in [3.8, 4) is 0 Å². The molecule has 0 radical (unpaired) electrons. The first kappa shape index (κ1) is 14.6. The number of carbonyl (C=O) groups is 2. The fraction of sp³-hybridized carbons (Fsp3) is 0.636.